The van der Waals surface area contributed by atoms with Crippen LogP contribution in [0.15, 0.2) is 117 Å². The quantitative estimate of drug-likeness (QED) is 0.0126. The first kappa shape index (κ1) is 85.0. The Balaban J connectivity index is -0.00000103. The van der Waals surface area contributed by atoms with Crippen LogP contribution in [0, 0.1) is 0 Å². The van der Waals surface area contributed by atoms with Crippen LogP contribution in [0.3, 0.4) is 0 Å². The minimum absolute atomic E-state index is 0. The molecule has 0 saturated carbocycles. The van der Waals surface area contributed by atoms with Gasteiger partial charge in [0.15, 0.2) is 9.84 Å². The average molecular weight is 1310 g/mol. The zero-order chi connectivity index (χ0) is 65.2. The number of thioether (sulfide) groups is 2. The first-order valence-corrected chi connectivity index (χ1v) is 30.1. The number of sulfone groups is 1. The van der Waals surface area contributed by atoms with E-state index in [1.54, 1.807) is 114 Å². The van der Waals surface area contributed by atoms with E-state index in [0.717, 1.165) is 20.4 Å². The number of hydrogen-bond acceptors (Lipinski definition) is 21. The van der Waals surface area contributed by atoms with E-state index >= 15 is 0 Å². The number of rotatable bonds is 18. The van der Waals surface area contributed by atoms with Gasteiger partial charge >= 0.3 is 77.8 Å². The van der Waals surface area contributed by atoms with Gasteiger partial charge in [-0.1, -0.05) is 0 Å². The fraction of sp³-hybridized carbons (Fsp3) is 0.448. The zero-order valence-corrected chi connectivity index (χ0v) is 57.2. The Hall–Kier alpha value is -6.24. The number of aliphatic hydroxyl groups excluding tert-OH is 1. The number of hydrogen-bond donors (Lipinski definition) is 8. The van der Waals surface area contributed by atoms with E-state index in [2.05, 4.69) is 43.4 Å². The van der Waals surface area contributed by atoms with E-state index in [0.29, 0.717) is 30.0 Å². The van der Waals surface area contributed by atoms with Gasteiger partial charge in [0.05, 0.1) is 53.7 Å². The summed E-state index contributed by atoms with van der Waals surface area (Å²) >= 11 is 7.20. The number of aliphatic hydroxyl groups is 1. The van der Waals surface area contributed by atoms with Crippen molar-refractivity contribution in [3.8, 4) is 0 Å². The number of thiol groups is 1. The summed E-state index contributed by atoms with van der Waals surface area (Å²) in [5.41, 5.74) is -0.772. The molecule has 0 radical (unpaired) electrons. The number of carbonyl (C=O) groups is 8. The van der Waals surface area contributed by atoms with Gasteiger partial charge in [-0.25, -0.2) is 46.8 Å². The Labute approximate surface area is 546 Å². The van der Waals surface area contributed by atoms with Crippen molar-refractivity contribution in [3.63, 3.8) is 0 Å². The van der Waals surface area contributed by atoms with Crippen LogP contribution in [-0.4, -0.2) is 164 Å². The zero-order valence-electron chi connectivity index (χ0n) is 51.9. The predicted octanol–water partition coefficient (Wildman–Crippen LogP) is 6.87. The molecule has 0 bridgehead atoms. The smallest absolute Gasteiger partial charge is 0.870 e. The van der Waals surface area contributed by atoms with Gasteiger partial charge in [-0.05, 0) is 180 Å². The molecular formula is C58H83N4NaO20S4. The van der Waals surface area contributed by atoms with Gasteiger partial charge in [-0.15, -0.1) is 36.2 Å². The maximum atomic E-state index is 12.0. The van der Waals surface area contributed by atoms with Crippen molar-refractivity contribution in [2.24, 2.45) is 0 Å². The van der Waals surface area contributed by atoms with E-state index in [1.807, 2.05) is 53.7 Å². The standard InChI is InChI=1S/C15H21NO4S.C14H19NO6S.C14H19NO4S.C8H8O2S.C7H15NO3.Na.H2O/c1-15(2,3)20-14(18)16-9-10-21-12-7-5-11(6-8-12)13(17)19-4;1-14(2,3)21-13(18)15-8-9-22(19,20)11-6-4-10(5-7-11)12(16)17;1-14(2,3)19-13(18)15-8-9-20-11-6-4-10(5-7-11)12(16)17;1-10-8(9)6-2-4-7(11)5-3-6;1-7(2,3)11-6(10)8-4-5-9;;/h5-8H,9-10H2,1-4H3,(H,16,18);4-7H,8-9H2,1-3H3,(H,15,18)(H,16,17);4-7H,8-9H2,1-3H3,(H,15,18)(H,16,17);2-5,11H,1H3;9H,4-5H2,1-3H3,(H,8,10);;1H2/q;;;;;+1;/p-1. The molecule has 0 atom stereocenters. The maximum Gasteiger partial charge on any atom is 1.00 e. The van der Waals surface area contributed by atoms with Crippen molar-refractivity contribution in [3.05, 3.63) is 119 Å². The van der Waals surface area contributed by atoms with Crippen molar-refractivity contribution in [1.29, 1.82) is 0 Å². The first-order chi connectivity index (χ1) is 39.3. The summed E-state index contributed by atoms with van der Waals surface area (Å²) in [4.78, 5) is 91.4. The fourth-order valence-corrected chi connectivity index (χ4v) is 8.33. The van der Waals surface area contributed by atoms with Crippen molar-refractivity contribution in [2.45, 2.75) is 125 Å². The number of esters is 2. The number of aromatic carboxylic acids is 2. The molecule has 0 heterocycles. The fourth-order valence-electron chi connectivity index (χ4n) is 5.48. The van der Waals surface area contributed by atoms with Crippen LogP contribution >= 0.6 is 36.2 Å². The second-order valence-corrected chi connectivity index (χ2v) is 26.1. The Kier molecular flexibility index (Phi) is 41.6. The van der Waals surface area contributed by atoms with Crippen LogP contribution in [0.5, 0.6) is 0 Å². The predicted molar refractivity (Wildman–Crippen MR) is 329 cm³/mol. The summed E-state index contributed by atoms with van der Waals surface area (Å²) in [5, 5.41) is 36.0. The Bertz CT molecular complexity index is 2840. The van der Waals surface area contributed by atoms with Crippen LogP contribution in [0.1, 0.15) is 125 Å². The Morgan fingerprint density at radius 1 is 0.460 bits per heavy atom. The second kappa shape index (κ2) is 42.6. The molecule has 4 aromatic carbocycles. The minimum Gasteiger partial charge on any atom is -0.870 e. The summed E-state index contributed by atoms with van der Waals surface area (Å²) in [6.07, 6.45) is -2.03. The summed E-state index contributed by atoms with van der Waals surface area (Å²) < 4.78 is 53.3. The molecule has 24 nitrogen and oxygen atoms in total. The SMILES string of the molecule is CC(C)(C)OC(=O)NCCO.CC(C)(C)OC(=O)NCCS(=O)(=O)c1ccc(C(=O)O)cc1.CC(C)(C)OC(=O)NCCSc1ccc(C(=O)O)cc1.COC(=O)c1ccc(S)cc1.COC(=O)c1ccc(SCCNC(=O)OC(C)(C)C)cc1.[Na+].[OH-]. The van der Waals surface area contributed by atoms with E-state index in [1.165, 1.54) is 50.2 Å². The van der Waals surface area contributed by atoms with Crippen LogP contribution in [-0.2, 0) is 38.3 Å². The van der Waals surface area contributed by atoms with Gasteiger partial charge in [0.1, 0.15) is 22.4 Å². The molecule has 0 fully saturated rings. The van der Waals surface area contributed by atoms with Crippen LogP contribution in [0.4, 0.5) is 19.2 Å². The monoisotopic (exact) mass is 1310 g/mol. The molecule has 0 aromatic heterocycles. The molecule has 87 heavy (non-hydrogen) atoms. The van der Waals surface area contributed by atoms with Crippen molar-refractivity contribution in [2.75, 3.05) is 64.3 Å². The summed E-state index contributed by atoms with van der Waals surface area (Å²) in [5.74, 6) is -1.64. The van der Waals surface area contributed by atoms with Gasteiger partial charge < -0.3 is 70.5 Å². The number of methoxy groups -OCH3 is 2. The molecule has 0 unspecified atom stereocenters. The van der Waals surface area contributed by atoms with Crippen molar-refractivity contribution < 1.29 is 126 Å². The Morgan fingerprint density at radius 2 is 0.736 bits per heavy atom. The second-order valence-electron chi connectivity index (χ2n) is 21.2. The molecule has 4 rings (SSSR count). The summed E-state index contributed by atoms with van der Waals surface area (Å²) in [7, 11) is -0.893. The van der Waals surface area contributed by atoms with Crippen LogP contribution in [0.25, 0.3) is 0 Å². The summed E-state index contributed by atoms with van der Waals surface area (Å²) in [6.45, 7) is 22.4. The number of carboxylic acids is 2. The third-order valence-corrected chi connectivity index (χ3v) is 13.1. The number of ether oxygens (including phenoxy) is 6. The van der Waals surface area contributed by atoms with Gasteiger partial charge in [-0.2, -0.15) is 0 Å². The van der Waals surface area contributed by atoms with Gasteiger partial charge in [-0.3, -0.25) is 0 Å². The third-order valence-electron chi connectivity index (χ3n) is 9.02. The van der Waals surface area contributed by atoms with E-state index in [-0.39, 0.29) is 88.4 Å². The molecule has 8 N–H and O–H groups in total. The number of carboxylic acid groups (broad SMARTS) is 2. The molecule has 0 spiro atoms. The first-order valence-electron chi connectivity index (χ1n) is 26.0. The maximum absolute atomic E-state index is 12.0. The summed E-state index contributed by atoms with van der Waals surface area (Å²) in [6, 6.07) is 25.5. The number of alkyl carbamates (subject to hydrolysis) is 4. The number of carbonyl (C=O) groups excluding carboxylic acids is 6. The molecule has 0 aliphatic heterocycles. The normalized spacial score (nSPS) is 10.7. The molecule has 0 aliphatic carbocycles. The number of benzene rings is 4. The minimum atomic E-state index is -3.61. The van der Waals surface area contributed by atoms with Gasteiger partial charge in [0.2, 0.25) is 0 Å². The Morgan fingerprint density at radius 3 is 1.02 bits per heavy atom. The van der Waals surface area contributed by atoms with Crippen molar-refractivity contribution >= 4 is 94.2 Å². The molecule has 0 saturated heterocycles. The van der Waals surface area contributed by atoms with Crippen LogP contribution in [0.2, 0.25) is 0 Å². The van der Waals surface area contributed by atoms with Gasteiger partial charge in [0, 0.05) is 52.4 Å². The molecule has 29 heteroatoms. The van der Waals surface area contributed by atoms with Gasteiger partial charge in [0.25, 0.3) is 0 Å². The van der Waals surface area contributed by atoms with E-state index in [4.69, 9.17) is 34.3 Å². The number of nitrogens with one attached hydrogen (secondary N) is 4. The number of amides is 4. The van der Waals surface area contributed by atoms with E-state index < -0.39 is 68.6 Å². The van der Waals surface area contributed by atoms with E-state index in [9.17, 15) is 46.8 Å². The molecule has 0 aliphatic rings. The topological polar surface area (TPSA) is 365 Å². The largest absolute Gasteiger partial charge is 1.00 e. The van der Waals surface area contributed by atoms with Crippen molar-refractivity contribution in [1.82, 2.24) is 21.3 Å². The van der Waals surface area contributed by atoms with Crippen LogP contribution < -0.4 is 50.8 Å². The molecule has 480 valence electrons. The molecule has 4 aromatic rings. The average Bonchev–Trinajstić information content (AvgIpc) is 3.24. The molecule has 4 amide bonds. The molecular weight excluding hydrogens is 1220 g/mol. The third kappa shape index (κ3) is 43.9.